The first-order chi connectivity index (χ1) is 14.7. The number of alkyl carbamates (subject to hydrolysis) is 1. The molecule has 0 saturated carbocycles. The van der Waals surface area contributed by atoms with Gasteiger partial charge in [0.05, 0.1) is 11.7 Å². The molecule has 1 aliphatic rings. The Morgan fingerprint density at radius 1 is 1.10 bits per heavy atom. The summed E-state index contributed by atoms with van der Waals surface area (Å²) in [6.07, 6.45) is -0.654. The number of hydrogen-bond acceptors (Lipinski definition) is 4. The van der Waals surface area contributed by atoms with E-state index in [1.807, 2.05) is 57.2 Å². The normalized spacial score (nSPS) is 14.6. The van der Waals surface area contributed by atoms with Crippen molar-refractivity contribution in [2.24, 2.45) is 0 Å². The number of nitrogens with one attached hydrogen (secondary N) is 1. The topological polar surface area (TPSA) is 101 Å². The smallest absolute Gasteiger partial charge is 0.407 e. The number of nitrogens with zero attached hydrogens (tertiary/aromatic N) is 2. The van der Waals surface area contributed by atoms with E-state index >= 15 is 0 Å². The molecule has 2 atom stereocenters. The number of amides is 1. The molecule has 0 saturated heterocycles. The first-order valence-corrected chi connectivity index (χ1v) is 10.2. The van der Waals surface area contributed by atoms with Crippen LogP contribution in [0, 0.1) is 0 Å². The molecule has 1 N–H and O–H groups in total. The Kier molecular flexibility index (Phi) is 6.68. The Labute approximate surface area is 182 Å². The van der Waals surface area contributed by atoms with Gasteiger partial charge in [-0.05, 0) is 49.9 Å². The average molecular weight is 421 g/mol. The van der Waals surface area contributed by atoms with Crippen LogP contribution in [-0.2, 0) is 14.3 Å². The second-order valence-electron chi connectivity index (χ2n) is 8.53. The number of fused-ring (bicyclic) bond motifs is 3. The maximum Gasteiger partial charge on any atom is 0.407 e. The van der Waals surface area contributed by atoms with Gasteiger partial charge in [-0.3, -0.25) is 4.79 Å². The van der Waals surface area contributed by atoms with Gasteiger partial charge in [0, 0.05) is 5.92 Å². The van der Waals surface area contributed by atoms with Crippen molar-refractivity contribution in [2.75, 3.05) is 6.61 Å². The van der Waals surface area contributed by atoms with Crippen LogP contribution in [-0.4, -0.2) is 47.2 Å². The van der Waals surface area contributed by atoms with E-state index in [1.54, 1.807) is 6.92 Å². The number of Topliss-reactive ketones (excluding diaryl/α,β-unsaturated/α-hetero) is 1. The molecule has 7 heteroatoms. The Bertz CT molecular complexity index is 976. The van der Waals surface area contributed by atoms with E-state index in [2.05, 4.69) is 22.2 Å². The molecule has 0 spiro atoms. The van der Waals surface area contributed by atoms with Crippen molar-refractivity contribution in [2.45, 2.75) is 51.4 Å². The highest BCUT2D eigenvalue weighted by Crippen LogP contribution is 2.44. The lowest BCUT2D eigenvalue weighted by Crippen LogP contribution is -2.51. The molecule has 0 aromatic heterocycles. The fraction of sp³-hybridized carbons (Fsp3) is 0.375. The molecule has 1 aliphatic carbocycles. The molecule has 0 fully saturated rings. The van der Waals surface area contributed by atoms with E-state index in [0.29, 0.717) is 0 Å². The van der Waals surface area contributed by atoms with Crippen molar-refractivity contribution >= 4 is 18.1 Å². The molecular weight excluding hydrogens is 394 g/mol. The van der Waals surface area contributed by atoms with E-state index in [-0.39, 0.29) is 12.5 Å². The molecule has 1 amide bonds. The summed E-state index contributed by atoms with van der Waals surface area (Å²) in [5, 5.41) is 2.56. The standard InChI is InChI=1S/C24H27N3O4/c1-15(31-24(2,3)4)22(21(28)13-26-25)27-23(29)30-14-20-18-11-7-5-9-16(18)17-10-6-8-12-19(17)20/h5-13,15,20,22H,14H2,1-4H3,(H,27,29)/t15?,22-/m0/s1. The molecule has 3 rings (SSSR count). The highest BCUT2D eigenvalue weighted by molar-refractivity contribution is 6.28. The minimum atomic E-state index is -1.05. The van der Waals surface area contributed by atoms with Crippen LogP contribution in [0.25, 0.3) is 16.7 Å². The number of benzene rings is 2. The number of hydrogen-bond donors (Lipinski definition) is 1. The number of ketones is 1. The summed E-state index contributed by atoms with van der Waals surface area (Å²) < 4.78 is 11.3. The van der Waals surface area contributed by atoms with Crippen LogP contribution in [0.5, 0.6) is 0 Å². The zero-order chi connectivity index (χ0) is 22.6. The van der Waals surface area contributed by atoms with Crippen molar-refractivity contribution in [3.8, 4) is 11.1 Å². The van der Waals surface area contributed by atoms with Gasteiger partial charge in [0.15, 0.2) is 0 Å². The van der Waals surface area contributed by atoms with Crippen LogP contribution >= 0.6 is 0 Å². The third-order valence-electron chi connectivity index (χ3n) is 5.12. The lowest BCUT2D eigenvalue weighted by Gasteiger charge is -2.29. The predicted octanol–water partition coefficient (Wildman–Crippen LogP) is 3.97. The highest BCUT2D eigenvalue weighted by Gasteiger charge is 2.33. The van der Waals surface area contributed by atoms with Gasteiger partial charge in [0.1, 0.15) is 12.6 Å². The molecule has 0 heterocycles. The number of carbonyl (C=O) groups is 2. The van der Waals surface area contributed by atoms with Gasteiger partial charge in [-0.25, -0.2) is 4.79 Å². The molecule has 0 aliphatic heterocycles. The van der Waals surface area contributed by atoms with Crippen molar-refractivity contribution in [1.29, 1.82) is 0 Å². The average Bonchev–Trinajstić information content (AvgIpc) is 3.03. The number of carbonyl (C=O) groups excluding carboxylic acids is 2. The van der Waals surface area contributed by atoms with Gasteiger partial charge in [0.25, 0.3) is 5.78 Å². The van der Waals surface area contributed by atoms with E-state index in [1.165, 1.54) is 0 Å². The number of rotatable bonds is 7. The lowest BCUT2D eigenvalue weighted by atomic mass is 9.98. The van der Waals surface area contributed by atoms with E-state index in [0.717, 1.165) is 28.5 Å². The lowest BCUT2D eigenvalue weighted by molar-refractivity contribution is -0.125. The van der Waals surface area contributed by atoms with Gasteiger partial charge < -0.3 is 20.3 Å². The minimum Gasteiger partial charge on any atom is -0.449 e. The number of ether oxygens (including phenoxy) is 2. The summed E-state index contributed by atoms with van der Waals surface area (Å²) in [5.74, 6) is -0.678. The van der Waals surface area contributed by atoms with Crippen LogP contribution in [0.4, 0.5) is 4.79 Å². The van der Waals surface area contributed by atoms with Crippen LogP contribution in [0.2, 0.25) is 0 Å². The molecular formula is C24H27N3O4. The second-order valence-corrected chi connectivity index (χ2v) is 8.53. The van der Waals surface area contributed by atoms with Crippen LogP contribution < -0.4 is 5.32 Å². The summed E-state index contributed by atoms with van der Waals surface area (Å²) in [7, 11) is 0. The van der Waals surface area contributed by atoms with E-state index < -0.39 is 29.6 Å². The second kappa shape index (κ2) is 9.25. The fourth-order valence-corrected chi connectivity index (χ4v) is 3.95. The van der Waals surface area contributed by atoms with Crippen LogP contribution in [0.3, 0.4) is 0 Å². The predicted molar refractivity (Wildman–Crippen MR) is 117 cm³/mol. The SMILES string of the molecule is CC(OC(C)(C)C)[C@H](NC(=O)OCC1c2ccccc2-c2ccccc21)C(=O)C=[N+]=[N-]. The summed E-state index contributed by atoms with van der Waals surface area (Å²) >= 11 is 0. The molecule has 2 aromatic carbocycles. The van der Waals surface area contributed by atoms with Crippen molar-refractivity contribution < 1.29 is 23.9 Å². The molecule has 0 bridgehead atoms. The van der Waals surface area contributed by atoms with Crippen molar-refractivity contribution in [3.05, 3.63) is 65.2 Å². The third-order valence-corrected chi connectivity index (χ3v) is 5.12. The van der Waals surface area contributed by atoms with Crippen molar-refractivity contribution in [3.63, 3.8) is 0 Å². The van der Waals surface area contributed by atoms with Crippen molar-refractivity contribution in [1.82, 2.24) is 5.32 Å². The Hall–Kier alpha value is -3.28. The highest BCUT2D eigenvalue weighted by atomic mass is 16.6. The largest absolute Gasteiger partial charge is 0.449 e. The first kappa shape index (κ1) is 22.4. The van der Waals surface area contributed by atoms with E-state index in [9.17, 15) is 9.59 Å². The summed E-state index contributed by atoms with van der Waals surface area (Å²) in [6, 6.07) is 15.0. The molecule has 1 unspecified atom stereocenters. The minimum absolute atomic E-state index is 0.0884. The van der Waals surface area contributed by atoms with Gasteiger partial charge >= 0.3 is 12.3 Å². The van der Waals surface area contributed by atoms with Gasteiger partial charge in [-0.2, -0.15) is 4.79 Å². The molecule has 31 heavy (non-hydrogen) atoms. The molecule has 0 radical (unpaired) electrons. The summed E-state index contributed by atoms with van der Waals surface area (Å²) in [4.78, 5) is 27.7. The molecule has 2 aromatic rings. The summed E-state index contributed by atoms with van der Waals surface area (Å²) in [6.45, 7) is 7.33. The Morgan fingerprint density at radius 2 is 1.65 bits per heavy atom. The zero-order valence-electron chi connectivity index (χ0n) is 18.2. The van der Waals surface area contributed by atoms with Gasteiger partial charge in [0.2, 0.25) is 0 Å². The quantitative estimate of drug-likeness (QED) is 0.415. The zero-order valence-corrected chi connectivity index (χ0v) is 18.2. The fourth-order valence-electron chi connectivity index (χ4n) is 3.95. The monoisotopic (exact) mass is 421 g/mol. The molecule has 7 nitrogen and oxygen atoms in total. The Balaban J connectivity index is 1.72. The summed E-state index contributed by atoms with van der Waals surface area (Å²) in [5.41, 5.74) is 12.7. The van der Waals surface area contributed by atoms with Gasteiger partial charge in [-0.15, -0.1) is 0 Å². The molecule has 162 valence electrons. The van der Waals surface area contributed by atoms with Crippen LogP contribution in [0.1, 0.15) is 44.7 Å². The Morgan fingerprint density at radius 3 is 2.16 bits per heavy atom. The van der Waals surface area contributed by atoms with Gasteiger partial charge in [-0.1, -0.05) is 48.5 Å². The van der Waals surface area contributed by atoms with E-state index in [4.69, 9.17) is 15.0 Å². The third kappa shape index (κ3) is 5.26. The van der Waals surface area contributed by atoms with Crippen LogP contribution in [0.15, 0.2) is 48.5 Å². The maximum absolute atomic E-state index is 12.6. The first-order valence-electron chi connectivity index (χ1n) is 10.2. The maximum atomic E-state index is 12.6.